The minimum atomic E-state index is 0.562. The lowest BCUT2D eigenvalue weighted by molar-refractivity contribution is 0.459. The fraction of sp³-hybridized carbons (Fsp3) is 0.312. The minimum absolute atomic E-state index is 0.562. The number of ether oxygens (including phenoxy) is 1. The van der Waals surface area contributed by atoms with E-state index in [-0.39, 0.29) is 0 Å². The van der Waals surface area contributed by atoms with Gasteiger partial charge in [-0.3, -0.25) is 0 Å². The van der Waals surface area contributed by atoms with Crippen molar-refractivity contribution in [3.63, 3.8) is 0 Å². The van der Waals surface area contributed by atoms with Gasteiger partial charge in [0.1, 0.15) is 5.75 Å². The number of hydrogen-bond acceptors (Lipinski definition) is 3. The molecular weight excluding hydrogens is 272 g/mol. The summed E-state index contributed by atoms with van der Waals surface area (Å²) in [6.45, 7) is 5.76. The second-order valence-corrected chi connectivity index (χ2v) is 5.08. The minimum Gasteiger partial charge on any atom is -0.439 e. The Bertz CT molecular complexity index is 555. The van der Waals surface area contributed by atoms with Crippen LogP contribution in [0.4, 0.5) is 0 Å². The molecule has 0 radical (unpaired) electrons. The van der Waals surface area contributed by atoms with Crippen LogP contribution in [0.25, 0.3) is 0 Å². The van der Waals surface area contributed by atoms with Crippen LogP contribution in [0.15, 0.2) is 36.4 Å². The predicted octanol–water partition coefficient (Wildman–Crippen LogP) is 4.34. The average molecular weight is 291 g/mol. The molecule has 0 aliphatic rings. The molecule has 4 heteroatoms. The third kappa shape index (κ3) is 4.22. The summed E-state index contributed by atoms with van der Waals surface area (Å²) in [5.41, 5.74) is 2.01. The first-order valence-corrected chi connectivity index (χ1v) is 7.17. The van der Waals surface area contributed by atoms with Gasteiger partial charge >= 0.3 is 0 Å². The van der Waals surface area contributed by atoms with Crippen LogP contribution in [0.2, 0.25) is 5.02 Å². The standard InChI is InChI=1S/C16H19ClN2O/c1-3-10-18-11-15-14(17)8-9-16(19-15)20-13-6-4-12(2)5-7-13/h4-9,18H,3,10-11H2,1-2H3. The Labute approximate surface area is 124 Å². The van der Waals surface area contributed by atoms with Crippen LogP contribution in [-0.2, 0) is 6.54 Å². The highest BCUT2D eigenvalue weighted by atomic mass is 35.5. The molecule has 106 valence electrons. The summed E-state index contributed by atoms with van der Waals surface area (Å²) in [5, 5.41) is 3.95. The summed E-state index contributed by atoms with van der Waals surface area (Å²) in [5.74, 6) is 1.34. The lowest BCUT2D eigenvalue weighted by Gasteiger charge is -2.09. The van der Waals surface area contributed by atoms with Gasteiger partial charge in [0, 0.05) is 12.6 Å². The number of nitrogens with zero attached hydrogens (tertiary/aromatic N) is 1. The maximum Gasteiger partial charge on any atom is 0.219 e. The summed E-state index contributed by atoms with van der Waals surface area (Å²) in [6.07, 6.45) is 1.08. The van der Waals surface area contributed by atoms with E-state index < -0.39 is 0 Å². The molecule has 20 heavy (non-hydrogen) atoms. The maximum absolute atomic E-state index is 6.14. The summed E-state index contributed by atoms with van der Waals surface area (Å²) >= 11 is 6.14. The van der Waals surface area contributed by atoms with Gasteiger partial charge in [-0.15, -0.1) is 0 Å². The zero-order valence-corrected chi connectivity index (χ0v) is 12.6. The van der Waals surface area contributed by atoms with E-state index in [4.69, 9.17) is 16.3 Å². The van der Waals surface area contributed by atoms with Crippen LogP contribution in [0.1, 0.15) is 24.6 Å². The molecule has 0 unspecified atom stereocenters. The van der Waals surface area contributed by atoms with Crippen molar-refractivity contribution in [2.24, 2.45) is 0 Å². The molecule has 3 nitrogen and oxygen atoms in total. The highest BCUT2D eigenvalue weighted by molar-refractivity contribution is 6.31. The number of aryl methyl sites for hydroxylation is 1. The zero-order valence-electron chi connectivity index (χ0n) is 11.8. The van der Waals surface area contributed by atoms with E-state index in [9.17, 15) is 0 Å². The second-order valence-electron chi connectivity index (χ2n) is 4.67. The van der Waals surface area contributed by atoms with Crippen molar-refractivity contribution in [1.29, 1.82) is 0 Å². The van der Waals surface area contributed by atoms with E-state index in [1.165, 1.54) is 5.56 Å². The molecule has 0 amide bonds. The topological polar surface area (TPSA) is 34.2 Å². The van der Waals surface area contributed by atoms with Gasteiger partial charge in [-0.25, -0.2) is 4.98 Å². The number of aromatic nitrogens is 1. The number of nitrogens with one attached hydrogen (secondary N) is 1. The lowest BCUT2D eigenvalue weighted by atomic mass is 10.2. The largest absolute Gasteiger partial charge is 0.439 e. The van der Waals surface area contributed by atoms with Gasteiger partial charge in [-0.2, -0.15) is 0 Å². The first-order valence-electron chi connectivity index (χ1n) is 6.79. The van der Waals surface area contributed by atoms with E-state index in [0.717, 1.165) is 24.4 Å². The van der Waals surface area contributed by atoms with Crippen molar-refractivity contribution in [3.8, 4) is 11.6 Å². The molecule has 0 fully saturated rings. The molecular formula is C16H19ClN2O. The van der Waals surface area contributed by atoms with Crippen LogP contribution in [0.5, 0.6) is 11.6 Å². The molecule has 1 N–H and O–H groups in total. The van der Waals surface area contributed by atoms with Gasteiger partial charge in [-0.05, 0) is 38.1 Å². The Morgan fingerprint density at radius 2 is 1.90 bits per heavy atom. The fourth-order valence-electron chi connectivity index (χ4n) is 1.76. The van der Waals surface area contributed by atoms with Crippen molar-refractivity contribution in [2.45, 2.75) is 26.8 Å². The summed E-state index contributed by atoms with van der Waals surface area (Å²) < 4.78 is 5.74. The fourth-order valence-corrected chi connectivity index (χ4v) is 1.93. The Morgan fingerprint density at radius 3 is 2.60 bits per heavy atom. The molecule has 0 aliphatic heterocycles. The molecule has 0 bridgehead atoms. The molecule has 0 saturated heterocycles. The van der Waals surface area contributed by atoms with Crippen LogP contribution in [0.3, 0.4) is 0 Å². The zero-order chi connectivity index (χ0) is 14.4. The molecule has 1 aromatic heterocycles. The van der Waals surface area contributed by atoms with Crippen LogP contribution >= 0.6 is 11.6 Å². The normalized spacial score (nSPS) is 10.6. The van der Waals surface area contributed by atoms with Crippen LogP contribution < -0.4 is 10.1 Å². The molecule has 2 aromatic rings. The quantitative estimate of drug-likeness (QED) is 0.804. The first kappa shape index (κ1) is 14.8. The van der Waals surface area contributed by atoms with E-state index in [2.05, 4.69) is 17.2 Å². The molecule has 0 saturated carbocycles. The van der Waals surface area contributed by atoms with Crippen LogP contribution in [-0.4, -0.2) is 11.5 Å². The van der Waals surface area contributed by atoms with E-state index in [1.807, 2.05) is 37.3 Å². The highest BCUT2D eigenvalue weighted by Crippen LogP contribution is 2.23. The molecule has 2 rings (SSSR count). The number of hydrogen-bond donors (Lipinski definition) is 1. The van der Waals surface area contributed by atoms with Gasteiger partial charge in [0.05, 0.1) is 10.7 Å². The Balaban J connectivity index is 2.08. The third-order valence-electron chi connectivity index (χ3n) is 2.86. The van der Waals surface area contributed by atoms with E-state index in [1.54, 1.807) is 6.07 Å². The Morgan fingerprint density at radius 1 is 1.15 bits per heavy atom. The van der Waals surface area contributed by atoms with Crippen molar-refractivity contribution < 1.29 is 4.74 Å². The summed E-state index contributed by atoms with van der Waals surface area (Å²) in [4.78, 5) is 4.45. The smallest absolute Gasteiger partial charge is 0.219 e. The van der Waals surface area contributed by atoms with Crippen molar-refractivity contribution >= 4 is 11.6 Å². The monoisotopic (exact) mass is 290 g/mol. The number of benzene rings is 1. The SMILES string of the molecule is CCCNCc1nc(Oc2ccc(C)cc2)ccc1Cl. The predicted molar refractivity (Wildman–Crippen MR) is 82.5 cm³/mol. The average Bonchev–Trinajstić information content (AvgIpc) is 2.45. The van der Waals surface area contributed by atoms with Crippen molar-refractivity contribution in [1.82, 2.24) is 10.3 Å². The van der Waals surface area contributed by atoms with Gasteiger partial charge in [0.15, 0.2) is 0 Å². The first-order chi connectivity index (χ1) is 9.69. The van der Waals surface area contributed by atoms with Crippen molar-refractivity contribution in [3.05, 3.63) is 52.7 Å². The third-order valence-corrected chi connectivity index (χ3v) is 3.20. The molecule has 0 aliphatic carbocycles. The van der Waals surface area contributed by atoms with Crippen LogP contribution in [0, 0.1) is 6.92 Å². The van der Waals surface area contributed by atoms with Gasteiger partial charge in [0.25, 0.3) is 0 Å². The number of pyridine rings is 1. The van der Waals surface area contributed by atoms with Gasteiger partial charge in [-0.1, -0.05) is 36.2 Å². The molecule has 1 heterocycles. The lowest BCUT2D eigenvalue weighted by Crippen LogP contribution is -2.15. The molecule has 0 atom stereocenters. The van der Waals surface area contributed by atoms with E-state index >= 15 is 0 Å². The van der Waals surface area contributed by atoms with Gasteiger partial charge < -0.3 is 10.1 Å². The second kappa shape index (κ2) is 7.27. The Kier molecular flexibility index (Phi) is 5.39. The number of rotatable bonds is 6. The highest BCUT2D eigenvalue weighted by Gasteiger charge is 2.05. The maximum atomic E-state index is 6.14. The number of halogens is 1. The molecule has 0 spiro atoms. The van der Waals surface area contributed by atoms with Gasteiger partial charge in [0.2, 0.25) is 5.88 Å². The summed E-state index contributed by atoms with van der Waals surface area (Å²) in [7, 11) is 0. The van der Waals surface area contributed by atoms with Crippen molar-refractivity contribution in [2.75, 3.05) is 6.54 Å². The molecule has 1 aromatic carbocycles. The Hall–Kier alpha value is -1.58. The summed E-state index contributed by atoms with van der Waals surface area (Å²) in [6, 6.07) is 11.5. The van der Waals surface area contributed by atoms with E-state index in [0.29, 0.717) is 17.4 Å².